The van der Waals surface area contributed by atoms with Gasteiger partial charge < -0.3 is 4.90 Å². The fraction of sp³-hybridized carbons (Fsp3) is 0.737. The summed E-state index contributed by atoms with van der Waals surface area (Å²) in [7, 11) is 0. The van der Waals surface area contributed by atoms with Gasteiger partial charge in [0, 0.05) is 37.8 Å². The average Bonchev–Trinajstić information content (AvgIpc) is 3.40. The predicted molar refractivity (Wildman–Crippen MR) is 94.0 cm³/mol. The Balaban J connectivity index is 1.33. The summed E-state index contributed by atoms with van der Waals surface area (Å²) in [6.45, 7) is 2.96. The van der Waals surface area contributed by atoms with Crippen molar-refractivity contribution >= 4 is 5.91 Å². The maximum Gasteiger partial charge on any atom is 0.274 e. The third kappa shape index (κ3) is 3.57. The molecule has 2 saturated carbocycles. The Hall–Kier alpha value is -1.87. The zero-order chi connectivity index (χ0) is 17.2. The highest BCUT2D eigenvalue weighted by atomic mass is 16.2. The summed E-state index contributed by atoms with van der Waals surface area (Å²) in [6, 6.07) is 4.49. The molecule has 2 aliphatic carbocycles. The molecule has 6 heteroatoms. The number of hydrogen-bond acceptors (Lipinski definition) is 4. The molecule has 1 aromatic rings. The van der Waals surface area contributed by atoms with Crippen LogP contribution in [0.3, 0.4) is 0 Å². The highest BCUT2D eigenvalue weighted by Crippen LogP contribution is 2.39. The Kier molecular flexibility index (Phi) is 4.76. The van der Waals surface area contributed by atoms with Crippen LogP contribution in [-0.2, 0) is 0 Å². The zero-order valence-corrected chi connectivity index (χ0v) is 14.8. The Bertz CT molecular complexity index is 645. The van der Waals surface area contributed by atoms with Gasteiger partial charge in [0.2, 0.25) is 0 Å². The summed E-state index contributed by atoms with van der Waals surface area (Å²) in [6.07, 6.45) is 8.57. The maximum absolute atomic E-state index is 12.7. The van der Waals surface area contributed by atoms with Crippen molar-refractivity contribution in [1.29, 1.82) is 5.26 Å². The third-order valence-corrected chi connectivity index (χ3v) is 6.06. The van der Waals surface area contributed by atoms with Gasteiger partial charge in [0.05, 0.1) is 6.07 Å². The Morgan fingerprint density at radius 3 is 2.52 bits per heavy atom. The Morgan fingerprint density at radius 1 is 1.16 bits per heavy atom. The lowest BCUT2D eigenvalue weighted by Gasteiger charge is -2.40. The fourth-order valence-electron chi connectivity index (χ4n) is 4.35. The van der Waals surface area contributed by atoms with Gasteiger partial charge in [-0.1, -0.05) is 19.3 Å². The van der Waals surface area contributed by atoms with Crippen molar-refractivity contribution in [2.24, 2.45) is 5.92 Å². The second-order valence-corrected chi connectivity index (χ2v) is 7.78. The van der Waals surface area contributed by atoms with Crippen molar-refractivity contribution in [2.45, 2.75) is 56.9 Å². The summed E-state index contributed by atoms with van der Waals surface area (Å²) in [5.41, 5.74) is 1.64. The molecule has 6 nitrogen and oxygen atoms in total. The molecule has 0 spiro atoms. The van der Waals surface area contributed by atoms with E-state index in [1.54, 1.807) is 0 Å². The molecule has 0 bridgehead atoms. The second kappa shape index (κ2) is 7.17. The number of aromatic nitrogens is 2. The van der Waals surface area contributed by atoms with Crippen molar-refractivity contribution in [1.82, 2.24) is 20.0 Å². The van der Waals surface area contributed by atoms with E-state index in [1.165, 1.54) is 44.9 Å². The van der Waals surface area contributed by atoms with Crippen molar-refractivity contribution in [2.75, 3.05) is 26.2 Å². The highest BCUT2D eigenvalue weighted by molar-refractivity contribution is 5.92. The number of aromatic amines is 1. The van der Waals surface area contributed by atoms with Gasteiger partial charge in [-0.3, -0.25) is 14.8 Å². The summed E-state index contributed by atoms with van der Waals surface area (Å²) >= 11 is 0. The highest BCUT2D eigenvalue weighted by Gasteiger charge is 2.33. The topological polar surface area (TPSA) is 76.0 Å². The second-order valence-electron chi connectivity index (χ2n) is 7.78. The number of rotatable bonds is 4. The molecule has 25 heavy (non-hydrogen) atoms. The summed E-state index contributed by atoms with van der Waals surface area (Å²) in [5.74, 6) is 1.11. The van der Waals surface area contributed by atoms with Crippen LogP contribution in [0.4, 0.5) is 0 Å². The molecule has 4 rings (SSSR count). The van der Waals surface area contributed by atoms with Crippen LogP contribution in [0, 0.1) is 17.2 Å². The van der Waals surface area contributed by atoms with E-state index in [4.69, 9.17) is 0 Å². The van der Waals surface area contributed by atoms with Crippen LogP contribution in [0.15, 0.2) is 6.07 Å². The fourth-order valence-corrected chi connectivity index (χ4v) is 4.35. The molecule has 3 aliphatic rings. The molecule has 2 heterocycles. The molecule has 1 amide bonds. The molecule has 1 aromatic heterocycles. The number of nitrogens with one attached hydrogen (secondary N) is 1. The van der Waals surface area contributed by atoms with Crippen LogP contribution in [0.1, 0.15) is 67.0 Å². The number of amides is 1. The number of H-pyrrole nitrogens is 1. The number of piperazine rings is 1. The monoisotopic (exact) mass is 341 g/mol. The van der Waals surface area contributed by atoms with Crippen LogP contribution in [0.25, 0.3) is 0 Å². The van der Waals surface area contributed by atoms with Crippen LogP contribution in [0.2, 0.25) is 0 Å². The molecule has 0 unspecified atom stereocenters. The van der Waals surface area contributed by atoms with Gasteiger partial charge in [-0.15, -0.1) is 0 Å². The minimum absolute atomic E-state index is 0.0180. The van der Waals surface area contributed by atoms with Crippen molar-refractivity contribution < 1.29 is 4.79 Å². The van der Waals surface area contributed by atoms with Gasteiger partial charge in [-0.2, -0.15) is 10.4 Å². The summed E-state index contributed by atoms with van der Waals surface area (Å²) in [5, 5.41) is 16.9. The first kappa shape index (κ1) is 16.6. The molecule has 134 valence electrons. The van der Waals surface area contributed by atoms with Crippen LogP contribution in [-0.4, -0.2) is 58.1 Å². The van der Waals surface area contributed by atoms with E-state index in [9.17, 15) is 10.1 Å². The van der Waals surface area contributed by atoms with Crippen molar-refractivity contribution in [3.63, 3.8) is 0 Å². The van der Waals surface area contributed by atoms with Crippen molar-refractivity contribution in [3.05, 3.63) is 17.5 Å². The van der Waals surface area contributed by atoms with E-state index >= 15 is 0 Å². The van der Waals surface area contributed by atoms with Crippen molar-refractivity contribution in [3.8, 4) is 6.07 Å². The van der Waals surface area contributed by atoms with Gasteiger partial charge >= 0.3 is 0 Å². The maximum atomic E-state index is 12.7. The van der Waals surface area contributed by atoms with E-state index in [2.05, 4.69) is 21.2 Å². The third-order valence-electron chi connectivity index (χ3n) is 6.06. The van der Waals surface area contributed by atoms with Gasteiger partial charge in [0.1, 0.15) is 11.7 Å². The molecular weight excluding hydrogens is 314 g/mol. The minimum atomic E-state index is 0.0180. The number of hydrogen-bond donors (Lipinski definition) is 1. The van der Waals surface area contributed by atoms with Gasteiger partial charge in [0.15, 0.2) is 0 Å². The minimum Gasteiger partial charge on any atom is -0.335 e. The van der Waals surface area contributed by atoms with Gasteiger partial charge in [-0.05, 0) is 37.7 Å². The first-order valence-corrected chi connectivity index (χ1v) is 9.74. The van der Waals surface area contributed by atoms with E-state index in [0.29, 0.717) is 30.6 Å². The number of carbonyl (C=O) groups excluding carboxylic acids is 1. The Morgan fingerprint density at radius 2 is 1.88 bits per heavy atom. The molecule has 1 aliphatic heterocycles. The van der Waals surface area contributed by atoms with Gasteiger partial charge in [-0.25, -0.2) is 0 Å². The lowest BCUT2D eigenvalue weighted by molar-refractivity contribution is 0.0533. The molecule has 1 atom stereocenters. The molecular formula is C19H27N5O. The summed E-state index contributed by atoms with van der Waals surface area (Å²) in [4.78, 5) is 16.8. The number of carbonyl (C=O) groups is 1. The molecule has 1 saturated heterocycles. The normalized spacial score (nSPS) is 24.0. The van der Waals surface area contributed by atoms with E-state index in [0.717, 1.165) is 18.8 Å². The lowest BCUT2D eigenvalue weighted by atomic mass is 9.83. The molecule has 0 radical (unpaired) electrons. The zero-order valence-electron chi connectivity index (χ0n) is 14.8. The molecule has 3 fully saturated rings. The lowest BCUT2D eigenvalue weighted by Crippen LogP contribution is -2.53. The number of nitriles is 1. The SMILES string of the molecule is N#C[C@H](C1CCCCC1)N1CCN(C(=O)c2cc(C3CC3)[nH]n2)CC1. The first-order valence-electron chi connectivity index (χ1n) is 9.74. The predicted octanol–water partition coefficient (Wildman–Crippen LogP) is 2.52. The standard InChI is InChI=1S/C19H27N5O/c20-13-18(15-4-2-1-3-5-15)23-8-10-24(11-9-23)19(25)17-12-16(21-22-17)14-6-7-14/h12,14-15,18H,1-11H2,(H,21,22)/t18-/m1/s1. The van der Waals surface area contributed by atoms with E-state index < -0.39 is 0 Å². The largest absolute Gasteiger partial charge is 0.335 e. The molecule has 1 N–H and O–H groups in total. The van der Waals surface area contributed by atoms with Crippen LogP contribution < -0.4 is 0 Å². The van der Waals surface area contributed by atoms with E-state index in [-0.39, 0.29) is 11.9 Å². The quantitative estimate of drug-likeness (QED) is 0.913. The van der Waals surface area contributed by atoms with Gasteiger partial charge in [0.25, 0.3) is 5.91 Å². The molecule has 0 aromatic carbocycles. The number of nitrogens with zero attached hydrogens (tertiary/aromatic N) is 4. The summed E-state index contributed by atoms with van der Waals surface area (Å²) < 4.78 is 0. The Labute approximate surface area is 149 Å². The van der Waals surface area contributed by atoms with Crippen LogP contribution in [0.5, 0.6) is 0 Å². The first-order chi connectivity index (χ1) is 12.3. The smallest absolute Gasteiger partial charge is 0.274 e. The average molecular weight is 341 g/mol. The van der Waals surface area contributed by atoms with Crippen LogP contribution >= 0.6 is 0 Å². The van der Waals surface area contributed by atoms with E-state index in [1.807, 2.05) is 11.0 Å².